The number of nitrogens with one attached hydrogen (secondary N) is 2. The van der Waals surface area contributed by atoms with Crippen LogP contribution in [0.1, 0.15) is 28.5 Å². The van der Waals surface area contributed by atoms with Crippen LogP contribution < -0.4 is 5.32 Å². The molecule has 1 heterocycles. The van der Waals surface area contributed by atoms with Crippen LogP contribution in [0.25, 0.3) is 10.9 Å². The van der Waals surface area contributed by atoms with Crippen molar-refractivity contribution in [2.75, 3.05) is 5.32 Å². The second-order valence-corrected chi connectivity index (χ2v) is 5.16. The molecule has 2 N–H and O–H groups in total. The fraction of sp³-hybridized carbons (Fsp3) is 0.111. The number of rotatable bonds is 4. The molecule has 4 nitrogen and oxygen atoms in total. The summed E-state index contributed by atoms with van der Waals surface area (Å²) in [6.45, 7) is 2.08. The first-order chi connectivity index (χ1) is 10.7. The van der Waals surface area contributed by atoms with Crippen molar-refractivity contribution in [1.29, 1.82) is 5.26 Å². The molecular weight excluding hydrogens is 274 g/mol. The predicted octanol–water partition coefficient (Wildman–Crippen LogP) is 3.85. The van der Waals surface area contributed by atoms with Crippen molar-refractivity contribution in [2.24, 2.45) is 0 Å². The zero-order valence-corrected chi connectivity index (χ0v) is 12.2. The number of hydrogen-bond donors (Lipinski definition) is 2. The van der Waals surface area contributed by atoms with Crippen LogP contribution in [0.5, 0.6) is 0 Å². The normalized spacial score (nSPS) is 10.4. The lowest BCUT2D eigenvalue weighted by Gasteiger charge is -2.08. The third kappa shape index (κ3) is 2.70. The molecule has 0 unspecified atom stereocenters. The van der Waals surface area contributed by atoms with E-state index in [2.05, 4.69) is 22.4 Å². The highest BCUT2D eigenvalue weighted by molar-refractivity contribution is 5.95. The lowest BCUT2D eigenvalue weighted by atomic mass is 10.1. The SMILES string of the molecule is CC(=O)c1ccc(C#N)c(NCc2cc3ccccc3[nH]2)c1. The Morgan fingerprint density at radius 3 is 2.77 bits per heavy atom. The number of hydrogen-bond acceptors (Lipinski definition) is 3. The number of carbonyl (C=O) groups excluding carboxylic acids is 1. The lowest BCUT2D eigenvalue weighted by molar-refractivity contribution is 0.101. The molecule has 0 spiro atoms. The van der Waals surface area contributed by atoms with Gasteiger partial charge in [0.25, 0.3) is 0 Å². The summed E-state index contributed by atoms with van der Waals surface area (Å²) in [5, 5.41) is 13.6. The smallest absolute Gasteiger partial charge is 0.159 e. The van der Waals surface area contributed by atoms with Gasteiger partial charge in [-0.25, -0.2) is 0 Å². The van der Waals surface area contributed by atoms with Crippen molar-refractivity contribution in [3.05, 3.63) is 65.4 Å². The van der Waals surface area contributed by atoms with Crippen molar-refractivity contribution >= 4 is 22.4 Å². The van der Waals surface area contributed by atoms with Gasteiger partial charge in [-0.3, -0.25) is 4.79 Å². The number of carbonyl (C=O) groups is 1. The Morgan fingerprint density at radius 1 is 1.23 bits per heavy atom. The summed E-state index contributed by atoms with van der Waals surface area (Å²) in [5.41, 5.74) is 3.91. The minimum absolute atomic E-state index is 0.0156. The number of nitriles is 1. The highest BCUT2D eigenvalue weighted by Gasteiger charge is 2.07. The largest absolute Gasteiger partial charge is 0.378 e. The zero-order valence-electron chi connectivity index (χ0n) is 12.2. The molecule has 0 aliphatic heterocycles. The number of aromatic amines is 1. The van der Waals surface area contributed by atoms with E-state index < -0.39 is 0 Å². The Balaban J connectivity index is 1.85. The number of Topliss-reactive ketones (excluding diaryl/α,β-unsaturated/α-hetero) is 1. The highest BCUT2D eigenvalue weighted by atomic mass is 16.1. The summed E-state index contributed by atoms with van der Waals surface area (Å²) in [5.74, 6) is -0.0156. The molecule has 0 aliphatic carbocycles. The van der Waals surface area contributed by atoms with Gasteiger partial charge in [-0.05, 0) is 42.6 Å². The summed E-state index contributed by atoms with van der Waals surface area (Å²) < 4.78 is 0. The van der Waals surface area contributed by atoms with Crippen LogP contribution in [0.2, 0.25) is 0 Å². The van der Waals surface area contributed by atoms with Crippen LogP contribution in [0.15, 0.2) is 48.5 Å². The van der Waals surface area contributed by atoms with E-state index in [1.807, 2.05) is 24.3 Å². The first-order valence-corrected chi connectivity index (χ1v) is 7.03. The molecule has 0 aliphatic rings. The van der Waals surface area contributed by atoms with Crippen molar-refractivity contribution in [2.45, 2.75) is 13.5 Å². The van der Waals surface area contributed by atoms with Gasteiger partial charge in [0.05, 0.1) is 17.8 Å². The average molecular weight is 289 g/mol. The molecule has 0 fully saturated rings. The minimum atomic E-state index is -0.0156. The molecule has 4 heteroatoms. The van der Waals surface area contributed by atoms with Crippen LogP contribution in [0, 0.1) is 11.3 Å². The Hall–Kier alpha value is -3.06. The fourth-order valence-corrected chi connectivity index (χ4v) is 2.43. The number of fused-ring (bicyclic) bond motifs is 1. The van der Waals surface area contributed by atoms with E-state index in [-0.39, 0.29) is 5.78 Å². The molecule has 3 rings (SSSR count). The van der Waals surface area contributed by atoms with Crippen molar-refractivity contribution < 1.29 is 4.79 Å². The predicted molar refractivity (Wildman–Crippen MR) is 86.8 cm³/mol. The lowest BCUT2D eigenvalue weighted by Crippen LogP contribution is -2.03. The van der Waals surface area contributed by atoms with Crippen LogP contribution in [0.3, 0.4) is 0 Å². The van der Waals surface area contributed by atoms with Gasteiger partial charge in [0.2, 0.25) is 0 Å². The molecule has 3 aromatic rings. The number of H-pyrrole nitrogens is 1. The minimum Gasteiger partial charge on any atom is -0.378 e. The van der Waals surface area contributed by atoms with Gasteiger partial charge in [-0.15, -0.1) is 0 Å². The molecule has 2 aromatic carbocycles. The van der Waals surface area contributed by atoms with Gasteiger partial charge in [-0.1, -0.05) is 18.2 Å². The van der Waals surface area contributed by atoms with Gasteiger partial charge in [0, 0.05) is 16.8 Å². The molecule has 1 aromatic heterocycles. The van der Waals surface area contributed by atoms with E-state index >= 15 is 0 Å². The highest BCUT2D eigenvalue weighted by Crippen LogP contribution is 2.20. The van der Waals surface area contributed by atoms with E-state index in [9.17, 15) is 10.1 Å². The van der Waals surface area contributed by atoms with Crippen LogP contribution >= 0.6 is 0 Å². The second kappa shape index (κ2) is 5.74. The summed E-state index contributed by atoms with van der Waals surface area (Å²) in [7, 11) is 0. The number of anilines is 1. The molecular formula is C18H15N3O. The molecule has 0 atom stereocenters. The first-order valence-electron chi connectivity index (χ1n) is 7.03. The van der Waals surface area contributed by atoms with Gasteiger partial charge in [-0.2, -0.15) is 5.26 Å². The van der Waals surface area contributed by atoms with Gasteiger partial charge >= 0.3 is 0 Å². The van der Waals surface area contributed by atoms with Gasteiger partial charge < -0.3 is 10.3 Å². The van der Waals surface area contributed by atoms with E-state index in [1.54, 1.807) is 18.2 Å². The Bertz CT molecular complexity index is 854. The Labute approximate surface area is 128 Å². The topological polar surface area (TPSA) is 68.7 Å². The monoisotopic (exact) mass is 289 g/mol. The standard InChI is InChI=1S/C18H15N3O/c1-12(22)13-6-7-15(10-19)18(9-13)20-11-16-8-14-4-2-3-5-17(14)21-16/h2-9,20-21H,11H2,1H3. The first kappa shape index (κ1) is 13.9. The number of aromatic nitrogens is 1. The third-order valence-corrected chi connectivity index (χ3v) is 3.60. The molecule has 0 radical (unpaired) electrons. The molecule has 0 bridgehead atoms. The number of para-hydroxylation sites is 1. The Morgan fingerprint density at radius 2 is 2.05 bits per heavy atom. The van der Waals surface area contributed by atoms with Crippen molar-refractivity contribution in [1.82, 2.24) is 4.98 Å². The zero-order chi connectivity index (χ0) is 15.5. The number of ketones is 1. The van der Waals surface area contributed by atoms with E-state index in [0.29, 0.717) is 23.4 Å². The second-order valence-electron chi connectivity index (χ2n) is 5.16. The molecule has 0 saturated carbocycles. The summed E-state index contributed by atoms with van der Waals surface area (Å²) >= 11 is 0. The molecule has 0 saturated heterocycles. The summed E-state index contributed by atoms with van der Waals surface area (Å²) in [4.78, 5) is 14.8. The summed E-state index contributed by atoms with van der Waals surface area (Å²) in [6, 6.07) is 17.3. The fourth-order valence-electron chi connectivity index (χ4n) is 2.43. The quantitative estimate of drug-likeness (QED) is 0.717. The van der Waals surface area contributed by atoms with Crippen LogP contribution in [0.4, 0.5) is 5.69 Å². The van der Waals surface area contributed by atoms with Gasteiger partial charge in [0.15, 0.2) is 5.78 Å². The van der Waals surface area contributed by atoms with Gasteiger partial charge in [0.1, 0.15) is 6.07 Å². The molecule has 22 heavy (non-hydrogen) atoms. The van der Waals surface area contributed by atoms with Crippen LogP contribution in [-0.4, -0.2) is 10.8 Å². The van der Waals surface area contributed by atoms with E-state index in [0.717, 1.165) is 16.6 Å². The maximum Gasteiger partial charge on any atom is 0.159 e. The molecule has 108 valence electrons. The van der Waals surface area contributed by atoms with E-state index in [1.165, 1.54) is 6.92 Å². The maximum atomic E-state index is 11.5. The van der Waals surface area contributed by atoms with Crippen molar-refractivity contribution in [3.63, 3.8) is 0 Å². The van der Waals surface area contributed by atoms with Crippen molar-refractivity contribution in [3.8, 4) is 6.07 Å². The number of benzene rings is 2. The molecule has 0 amide bonds. The third-order valence-electron chi connectivity index (χ3n) is 3.60. The maximum absolute atomic E-state index is 11.5. The number of nitrogens with zero attached hydrogens (tertiary/aromatic N) is 1. The van der Waals surface area contributed by atoms with E-state index in [4.69, 9.17) is 0 Å². The summed E-state index contributed by atoms with van der Waals surface area (Å²) in [6.07, 6.45) is 0. The average Bonchev–Trinajstić information content (AvgIpc) is 2.95. The Kier molecular flexibility index (Phi) is 3.63. The van der Waals surface area contributed by atoms with Crippen LogP contribution in [-0.2, 0) is 6.54 Å².